The first-order valence-corrected chi connectivity index (χ1v) is 12.1. The number of rotatable bonds is 3. The zero-order chi connectivity index (χ0) is 25.8. The van der Waals surface area contributed by atoms with E-state index >= 15 is 0 Å². The summed E-state index contributed by atoms with van der Waals surface area (Å²) in [6.07, 6.45) is 3.41. The Morgan fingerprint density at radius 3 is 2.76 bits per heavy atom. The summed E-state index contributed by atoms with van der Waals surface area (Å²) in [6, 6.07) is 18.3. The zero-order valence-corrected chi connectivity index (χ0v) is 20.3. The second kappa shape index (κ2) is 10.5. The lowest BCUT2D eigenvalue weighted by Gasteiger charge is -2.19. The molecule has 0 fully saturated rings. The molecule has 0 spiro atoms. The standard InChI is InChI=1S/C28H27N5O4/c1-37-28(36)30-18-13-14-21-23(15-18)31-25(34)12-5-4-11-22(26-29-16-24(21)32-26)33-27(35)20-10-6-8-17-7-2-3-9-19(17)20/h2-3,6-10,13-16,22H,4-5,11-12H2,1H3,(H,29,32)(H,30,36)(H,31,34)(H,33,35)/t22-/m0/s1. The van der Waals surface area contributed by atoms with Crippen molar-refractivity contribution in [1.82, 2.24) is 15.3 Å². The van der Waals surface area contributed by atoms with E-state index in [-0.39, 0.29) is 17.9 Å². The van der Waals surface area contributed by atoms with Gasteiger partial charge in [0.15, 0.2) is 0 Å². The van der Waals surface area contributed by atoms with Crippen LogP contribution in [0.1, 0.15) is 47.9 Å². The van der Waals surface area contributed by atoms with Gasteiger partial charge in [0.1, 0.15) is 5.82 Å². The van der Waals surface area contributed by atoms with Gasteiger partial charge < -0.3 is 20.4 Å². The van der Waals surface area contributed by atoms with Crippen LogP contribution in [-0.2, 0) is 9.53 Å². The molecule has 0 saturated carbocycles. The number of anilines is 2. The van der Waals surface area contributed by atoms with Crippen molar-refractivity contribution in [3.05, 3.63) is 78.2 Å². The molecule has 0 saturated heterocycles. The van der Waals surface area contributed by atoms with E-state index in [4.69, 9.17) is 0 Å². The average Bonchev–Trinajstić information content (AvgIpc) is 3.39. The molecule has 0 aliphatic carbocycles. The van der Waals surface area contributed by atoms with Gasteiger partial charge in [-0.15, -0.1) is 0 Å². The number of ether oxygens (including phenoxy) is 1. The van der Waals surface area contributed by atoms with Crippen LogP contribution in [0.25, 0.3) is 22.0 Å². The molecule has 2 heterocycles. The number of H-pyrrole nitrogens is 1. The molecule has 2 bridgehead atoms. The van der Waals surface area contributed by atoms with Crippen LogP contribution in [0, 0.1) is 0 Å². The maximum absolute atomic E-state index is 13.4. The predicted octanol–water partition coefficient (Wildman–Crippen LogP) is 5.39. The van der Waals surface area contributed by atoms with E-state index in [0.29, 0.717) is 53.3 Å². The molecule has 1 aromatic heterocycles. The van der Waals surface area contributed by atoms with Gasteiger partial charge in [0, 0.05) is 23.2 Å². The topological polar surface area (TPSA) is 125 Å². The number of nitrogens with one attached hydrogen (secondary N) is 4. The molecule has 1 aliphatic rings. The highest BCUT2D eigenvalue weighted by Gasteiger charge is 2.22. The highest BCUT2D eigenvalue weighted by molar-refractivity contribution is 6.07. The smallest absolute Gasteiger partial charge is 0.411 e. The fourth-order valence-electron chi connectivity index (χ4n) is 4.56. The molecule has 3 amide bonds. The van der Waals surface area contributed by atoms with E-state index in [9.17, 15) is 14.4 Å². The normalized spacial score (nSPS) is 15.5. The first kappa shape index (κ1) is 24.1. The number of nitrogens with zero attached hydrogens (tertiary/aromatic N) is 1. The Balaban J connectivity index is 1.46. The van der Waals surface area contributed by atoms with Gasteiger partial charge in [-0.3, -0.25) is 14.9 Å². The summed E-state index contributed by atoms with van der Waals surface area (Å²) in [5.74, 6) is 0.329. The van der Waals surface area contributed by atoms with E-state index in [0.717, 1.165) is 17.2 Å². The van der Waals surface area contributed by atoms with Crippen molar-refractivity contribution in [2.75, 3.05) is 17.7 Å². The van der Waals surface area contributed by atoms with Gasteiger partial charge in [0.2, 0.25) is 5.91 Å². The lowest BCUT2D eigenvalue weighted by atomic mass is 10.0. The number of hydrogen-bond donors (Lipinski definition) is 4. The molecule has 37 heavy (non-hydrogen) atoms. The van der Waals surface area contributed by atoms with Gasteiger partial charge in [-0.1, -0.05) is 42.8 Å². The number of carbonyl (C=O) groups excluding carboxylic acids is 3. The lowest BCUT2D eigenvalue weighted by Crippen LogP contribution is -2.29. The summed E-state index contributed by atoms with van der Waals surface area (Å²) in [7, 11) is 1.28. The number of aromatic amines is 1. The van der Waals surface area contributed by atoms with Crippen molar-refractivity contribution in [1.29, 1.82) is 0 Å². The summed E-state index contributed by atoms with van der Waals surface area (Å²) in [5, 5.41) is 10.6. The molecule has 1 atom stereocenters. The largest absolute Gasteiger partial charge is 0.453 e. The Hall–Kier alpha value is -4.66. The number of benzene rings is 3. The molecule has 4 aromatic rings. The molecule has 3 aromatic carbocycles. The molecular formula is C28H27N5O4. The quantitative estimate of drug-likeness (QED) is 0.302. The van der Waals surface area contributed by atoms with Crippen LogP contribution in [0.4, 0.5) is 16.2 Å². The number of aromatic nitrogens is 2. The SMILES string of the molecule is COC(=O)Nc1ccc2c(c1)NC(=O)CCCC[C@H](NC(=O)c1cccc3ccccc13)c1ncc-2[nH]1. The summed E-state index contributed by atoms with van der Waals surface area (Å²) < 4.78 is 4.67. The van der Waals surface area contributed by atoms with Crippen LogP contribution in [0.15, 0.2) is 66.9 Å². The van der Waals surface area contributed by atoms with Crippen LogP contribution in [0.5, 0.6) is 0 Å². The van der Waals surface area contributed by atoms with Crippen molar-refractivity contribution in [3.8, 4) is 11.3 Å². The van der Waals surface area contributed by atoms with Gasteiger partial charge in [0.25, 0.3) is 5.91 Å². The average molecular weight is 498 g/mol. The second-order valence-electron chi connectivity index (χ2n) is 8.91. The fourth-order valence-corrected chi connectivity index (χ4v) is 4.56. The maximum atomic E-state index is 13.4. The summed E-state index contributed by atoms with van der Waals surface area (Å²) in [4.78, 5) is 45.6. The molecule has 9 nitrogen and oxygen atoms in total. The Bertz CT molecular complexity index is 1470. The minimum absolute atomic E-state index is 0.131. The molecule has 0 unspecified atom stereocenters. The highest BCUT2D eigenvalue weighted by Crippen LogP contribution is 2.32. The van der Waals surface area contributed by atoms with Crippen LogP contribution in [-0.4, -0.2) is 35.0 Å². The van der Waals surface area contributed by atoms with Crippen molar-refractivity contribution in [2.24, 2.45) is 0 Å². The molecule has 1 aliphatic heterocycles. The first-order valence-electron chi connectivity index (χ1n) is 12.1. The third-order valence-corrected chi connectivity index (χ3v) is 6.43. The Labute approximate surface area is 213 Å². The van der Waals surface area contributed by atoms with Crippen molar-refractivity contribution in [3.63, 3.8) is 0 Å². The summed E-state index contributed by atoms with van der Waals surface area (Å²) in [6.45, 7) is 0. The zero-order valence-electron chi connectivity index (χ0n) is 20.3. The van der Waals surface area contributed by atoms with Gasteiger partial charge in [-0.05, 0) is 47.9 Å². The number of hydrogen-bond acceptors (Lipinski definition) is 5. The minimum atomic E-state index is -0.604. The van der Waals surface area contributed by atoms with Crippen molar-refractivity contribution in [2.45, 2.75) is 31.7 Å². The Morgan fingerprint density at radius 2 is 1.89 bits per heavy atom. The van der Waals surface area contributed by atoms with E-state index in [1.165, 1.54) is 7.11 Å². The van der Waals surface area contributed by atoms with E-state index in [1.54, 1.807) is 24.4 Å². The van der Waals surface area contributed by atoms with Crippen LogP contribution in [0.2, 0.25) is 0 Å². The molecule has 9 heteroatoms. The lowest BCUT2D eigenvalue weighted by molar-refractivity contribution is -0.116. The van der Waals surface area contributed by atoms with Crippen LogP contribution >= 0.6 is 0 Å². The maximum Gasteiger partial charge on any atom is 0.411 e. The van der Waals surface area contributed by atoms with E-state index < -0.39 is 6.09 Å². The fraction of sp³-hybridized carbons (Fsp3) is 0.214. The predicted molar refractivity (Wildman–Crippen MR) is 141 cm³/mol. The molecular weight excluding hydrogens is 470 g/mol. The number of imidazole rings is 1. The van der Waals surface area contributed by atoms with Gasteiger partial charge in [-0.25, -0.2) is 9.78 Å². The van der Waals surface area contributed by atoms with E-state index in [2.05, 4.69) is 30.7 Å². The van der Waals surface area contributed by atoms with Gasteiger partial charge in [-0.2, -0.15) is 0 Å². The Morgan fingerprint density at radius 1 is 1.05 bits per heavy atom. The van der Waals surface area contributed by atoms with Gasteiger partial charge in [0.05, 0.1) is 30.7 Å². The molecule has 4 N–H and O–H groups in total. The molecule has 5 rings (SSSR count). The monoisotopic (exact) mass is 497 g/mol. The van der Waals surface area contributed by atoms with Crippen molar-refractivity contribution < 1.29 is 19.1 Å². The van der Waals surface area contributed by atoms with Crippen molar-refractivity contribution >= 4 is 40.1 Å². The number of amides is 3. The second-order valence-corrected chi connectivity index (χ2v) is 8.91. The third-order valence-electron chi connectivity index (χ3n) is 6.43. The van der Waals surface area contributed by atoms with E-state index in [1.807, 2.05) is 42.5 Å². The third kappa shape index (κ3) is 5.30. The molecule has 0 radical (unpaired) electrons. The summed E-state index contributed by atoms with van der Waals surface area (Å²) >= 11 is 0. The number of carbonyl (C=O) groups is 3. The van der Waals surface area contributed by atoms with Crippen LogP contribution < -0.4 is 16.0 Å². The Kier molecular flexibility index (Phi) is 6.85. The highest BCUT2D eigenvalue weighted by atomic mass is 16.5. The number of methoxy groups -OCH3 is 1. The van der Waals surface area contributed by atoms with Gasteiger partial charge >= 0.3 is 6.09 Å². The molecule has 188 valence electrons. The van der Waals surface area contributed by atoms with Crippen LogP contribution in [0.3, 0.4) is 0 Å². The minimum Gasteiger partial charge on any atom is -0.453 e. The first-order chi connectivity index (χ1) is 18.0. The number of fused-ring (bicyclic) bond motifs is 5. The summed E-state index contributed by atoms with van der Waals surface area (Å²) in [5.41, 5.74) is 3.01.